The highest BCUT2D eigenvalue weighted by atomic mass is 16.5. The maximum absolute atomic E-state index is 11.8. The van der Waals surface area contributed by atoms with Gasteiger partial charge in [-0.25, -0.2) is 0 Å². The zero-order valence-electron chi connectivity index (χ0n) is 12.1. The summed E-state index contributed by atoms with van der Waals surface area (Å²) in [5.41, 5.74) is 7.81. The number of methoxy groups -OCH3 is 2. The fourth-order valence-corrected chi connectivity index (χ4v) is 2.72. The van der Waals surface area contributed by atoms with Crippen molar-refractivity contribution in [1.29, 1.82) is 0 Å². The van der Waals surface area contributed by atoms with Crippen LogP contribution < -0.4 is 10.5 Å². The van der Waals surface area contributed by atoms with Gasteiger partial charge in [-0.3, -0.25) is 9.69 Å². The summed E-state index contributed by atoms with van der Waals surface area (Å²) in [6.07, 6.45) is 1.87. The molecule has 2 rings (SSSR count). The van der Waals surface area contributed by atoms with Gasteiger partial charge in [0.25, 0.3) is 0 Å². The molecule has 0 saturated carbocycles. The minimum atomic E-state index is -0.156. The molecule has 0 bridgehead atoms. The molecule has 1 atom stereocenters. The fourth-order valence-electron chi connectivity index (χ4n) is 2.72. The Kier molecular flexibility index (Phi) is 4.98. The number of carbonyl (C=O) groups is 1. The second-order valence-corrected chi connectivity index (χ2v) is 5.00. The van der Waals surface area contributed by atoms with Crippen LogP contribution in [0.5, 0.6) is 5.75 Å². The number of nitrogens with two attached hydrogens (primary N) is 1. The Morgan fingerprint density at radius 1 is 1.45 bits per heavy atom. The molecule has 5 heteroatoms. The lowest BCUT2D eigenvalue weighted by Gasteiger charge is -2.23. The molecule has 1 aromatic carbocycles. The summed E-state index contributed by atoms with van der Waals surface area (Å²) >= 11 is 0. The summed E-state index contributed by atoms with van der Waals surface area (Å²) in [5, 5.41) is 0. The summed E-state index contributed by atoms with van der Waals surface area (Å²) in [5.74, 6) is 0.675. The van der Waals surface area contributed by atoms with Crippen molar-refractivity contribution >= 4 is 5.97 Å². The van der Waals surface area contributed by atoms with E-state index in [-0.39, 0.29) is 12.0 Å². The molecule has 1 heterocycles. The molecular formula is C15H22N2O3. The van der Waals surface area contributed by atoms with Crippen LogP contribution in [0.1, 0.15) is 24.0 Å². The van der Waals surface area contributed by atoms with Crippen LogP contribution in [0.4, 0.5) is 0 Å². The smallest absolute Gasteiger partial charge is 0.323 e. The molecule has 20 heavy (non-hydrogen) atoms. The number of likely N-dealkylation sites (tertiary alicyclic amines) is 1. The summed E-state index contributed by atoms with van der Waals surface area (Å²) in [4.78, 5) is 13.9. The molecule has 1 saturated heterocycles. The first-order valence-electron chi connectivity index (χ1n) is 6.87. The zero-order chi connectivity index (χ0) is 14.5. The normalized spacial score (nSPS) is 19.1. The Labute approximate surface area is 119 Å². The van der Waals surface area contributed by atoms with Crippen LogP contribution in [0.15, 0.2) is 18.2 Å². The molecular weight excluding hydrogens is 256 g/mol. The third kappa shape index (κ3) is 3.11. The van der Waals surface area contributed by atoms with Gasteiger partial charge in [0, 0.05) is 18.7 Å². The van der Waals surface area contributed by atoms with E-state index in [0.29, 0.717) is 13.1 Å². The minimum Gasteiger partial charge on any atom is -0.496 e. The van der Waals surface area contributed by atoms with E-state index in [4.69, 9.17) is 15.2 Å². The van der Waals surface area contributed by atoms with E-state index in [2.05, 4.69) is 4.90 Å². The highest BCUT2D eigenvalue weighted by Crippen LogP contribution is 2.26. The number of hydrogen-bond acceptors (Lipinski definition) is 5. The second kappa shape index (κ2) is 6.72. The predicted octanol–water partition coefficient (Wildman–Crippen LogP) is 1.29. The lowest BCUT2D eigenvalue weighted by Crippen LogP contribution is -2.36. The summed E-state index contributed by atoms with van der Waals surface area (Å²) in [6, 6.07) is 5.79. The van der Waals surface area contributed by atoms with Gasteiger partial charge in [0.1, 0.15) is 11.8 Å². The number of esters is 1. The highest BCUT2D eigenvalue weighted by Gasteiger charge is 2.31. The molecule has 1 aliphatic rings. The van der Waals surface area contributed by atoms with Crippen LogP contribution in [0, 0.1) is 0 Å². The third-order valence-electron chi connectivity index (χ3n) is 3.79. The molecule has 2 N–H and O–H groups in total. The topological polar surface area (TPSA) is 64.8 Å². The van der Waals surface area contributed by atoms with E-state index >= 15 is 0 Å². The van der Waals surface area contributed by atoms with E-state index in [1.165, 1.54) is 7.11 Å². The van der Waals surface area contributed by atoms with Crippen molar-refractivity contribution < 1.29 is 14.3 Å². The number of hydrogen-bond donors (Lipinski definition) is 1. The monoisotopic (exact) mass is 278 g/mol. The minimum absolute atomic E-state index is 0.147. The molecule has 5 nitrogen and oxygen atoms in total. The zero-order valence-corrected chi connectivity index (χ0v) is 12.1. The fraction of sp³-hybridized carbons (Fsp3) is 0.533. The molecule has 0 aliphatic carbocycles. The molecule has 1 fully saturated rings. The summed E-state index contributed by atoms with van der Waals surface area (Å²) < 4.78 is 10.3. The molecule has 1 aliphatic heterocycles. The predicted molar refractivity (Wildman–Crippen MR) is 76.3 cm³/mol. The van der Waals surface area contributed by atoms with Crippen molar-refractivity contribution in [2.45, 2.75) is 32.0 Å². The largest absolute Gasteiger partial charge is 0.496 e. The number of ether oxygens (including phenoxy) is 2. The lowest BCUT2D eigenvalue weighted by atomic mass is 10.1. The van der Waals surface area contributed by atoms with Crippen molar-refractivity contribution in [2.24, 2.45) is 5.73 Å². The summed E-state index contributed by atoms with van der Waals surface area (Å²) in [7, 11) is 3.09. The van der Waals surface area contributed by atoms with Crippen LogP contribution >= 0.6 is 0 Å². The van der Waals surface area contributed by atoms with Crippen molar-refractivity contribution in [3.63, 3.8) is 0 Å². The van der Waals surface area contributed by atoms with E-state index < -0.39 is 0 Å². The van der Waals surface area contributed by atoms with Crippen molar-refractivity contribution in [1.82, 2.24) is 4.90 Å². The Balaban J connectivity index is 2.17. The van der Waals surface area contributed by atoms with Gasteiger partial charge >= 0.3 is 5.97 Å². The van der Waals surface area contributed by atoms with Gasteiger partial charge in [-0.2, -0.15) is 0 Å². The van der Waals surface area contributed by atoms with Crippen LogP contribution in [0.25, 0.3) is 0 Å². The maximum Gasteiger partial charge on any atom is 0.323 e. The SMILES string of the molecule is COC(=O)C1CCCN1Cc1cc(CN)ccc1OC. The molecule has 0 amide bonds. The first kappa shape index (κ1) is 14.8. The Morgan fingerprint density at radius 2 is 2.25 bits per heavy atom. The van der Waals surface area contributed by atoms with Crippen molar-refractivity contribution in [3.05, 3.63) is 29.3 Å². The van der Waals surface area contributed by atoms with E-state index in [9.17, 15) is 4.79 Å². The van der Waals surface area contributed by atoms with Crippen LogP contribution in [0.2, 0.25) is 0 Å². The molecule has 0 aromatic heterocycles. The number of carbonyl (C=O) groups excluding carboxylic acids is 1. The molecule has 110 valence electrons. The molecule has 1 aromatic rings. The summed E-state index contributed by atoms with van der Waals surface area (Å²) in [6.45, 7) is 2.07. The van der Waals surface area contributed by atoms with Gasteiger partial charge in [-0.05, 0) is 37.1 Å². The van der Waals surface area contributed by atoms with E-state index in [1.807, 2.05) is 18.2 Å². The lowest BCUT2D eigenvalue weighted by molar-refractivity contribution is -0.146. The first-order chi connectivity index (χ1) is 9.69. The van der Waals surface area contributed by atoms with Crippen molar-refractivity contribution in [2.75, 3.05) is 20.8 Å². The van der Waals surface area contributed by atoms with Crippen LogP contribution in [0.3, 0.4) is 0 Å². The number of nitrogens with zero attached hydrogens (tertiary/aromatic N) is 1. The van der Waals surface area contributed by atoms with Gasteiger partial charge in [0.2, 0.25) is 0 Å². The first-order valence-corrected chi connectivity index (χ1v) is 6.87. The molecule has 0 spiro atoms. The quantitative estimate of drug-likeness (QED) is 0.822. The molecule has 0 radical (unpaired) electrons. The van der Waals surface area contributed by atoms with Gasteiger partial charge < -0.3 is 15.2 Å². The molecule has 1 unspecified atom stereocenters. The van der Waals surface area contributed by atoms with Gasteiger partial charge in [-0.1, -0.05) is 6.07 Å². The second-order valence-electron chi connectivity index (χ2n) is 5.00. The Morgan fingerprint density at radius 3 is 2.90 bits per heavy atom. The third-order valence-corrected chi connectivity index (χ3v) is 3.79. The number of benzene rings is 1. The Bertz CT molecular complexity index is 476. The van der Waals surface area contributed by atoms with Gasteiger partial charge in [0.05, 0.1) is 14.2 Å². The average molecular weight is 278 g/mol. The number of rotatable bonds is 5. The van der Waals surface area contributed by atoms with Gasteiger partial charge in [0.15, 0.2) is 0 Å². The average Bonchev–Trinajstić information content (AvgIpc) is 2.94. The van der Waals surface area contributed by atoms with Crippen LogP contribution in [-0.4, -0.2) is 37.7 Å². The Hall–Kier alpha value is -1.59. The van der Waals surface area contributed by atoms with Crippen LogP contribution in [-0.2, 0) is 22.6 Å². The van der Waals surface area contributed by atoms with E-state index in [0.717, 1.165) is 36.3 Å². The van der Waals surface area contributed by atoms with Gasteiger partial charge in [-0.15, -0.1) is 0 Å². The highest BCUT2D eigenvalue weighted by molar-refractivity contribution is 5.76. The maximum atomic E-state index is 11.8. The van der Waals surface area contributed by atoms with E-state index in [1.54, 1.807) is 7.11 Å². The van der Waals surface area contributed by atoms with Crippen molar-refractivity contribution in [3.8, 4) is 5.75 Å². The standard InChI is InChI=1S/C15H22N2O3/c1-19-14-6-5-11(9-16)8-12(14)10-17-7-3-4-13(17)15(18)20-2/h5-6,8,13H,3-4,7,9-10,16H2,1-2H3.